The first-order valence-corrected chi connectivity index (χ1v) is 6.12. The van der Waals surface area contributed by atoms with E-state index in [4.69, 9.17) is 5.73 Å². The second-order valence-electron chi connectivity index (χ2n) is 4.47. The first-order chi connectivity index (χ1) is 9.54. The van der Waals surface area contributed by atoms with Crippen LogP contribution in [0.15, 0.2) is 42.5 Å². The zero-order chi connectivity index (χ0) is 14.7. The fourth-order valence-corrected chi connectivity index (χ4v) is 2.16. The third-order valence-electron chi connectivity index (χ3n) is 3.22. The van der Waals surface area contributed by atoms with Gasteiger partial charge in [-0.3, -0.25) is 0 Å². The molecule has 0 saturated carbocycles. The summed E-state index contributed by atoms with van der Waals surface area (Å²) in [6.07, 6.45) is -1.42. The van der Waals surface area contributed by atoms with E-state index in [1.807, 2.05) is 0 Å². The summed E-state index contributed by atoms with van der Waals surface area (Å²) in [5.41, 5.74) is 5.50. The van der Waals surface area contributed by atoms with Gasteiger partial charge in [0, 0.05) is 18.0 Å². The SMILES string of the molecule is NCC(c1ccccc1F)C(O)c1cc(F)ccc1F. The molecule has 2 aromatic rings. The van der Waals surface area contributed by atoms with Crippen LogP contribution in [0.5, 0.6) is 0 Å². The van der Waals surface area contributed by atoms with Crippen LogP contribution < -0.4 is 5.73 Å². The molecule has 5 heteroatoms. The van der Waals surface area contributed by atoms with E-state index >= 15 is 0 Å². The monoisotopic (exact) mass is 281 g/mol. The summed E-state index contributed by atoms with van der Waals surface area (Å²) in [6, 6.07) is 8.55. The molecule has 20 heavy (non-hydrogen) atoms. The topological polar surface area (TPSA) is 46.2 Å². The fraction of sp³-hybridized carbons (Fsp3) is 0.200. The van der Waals surface area contributed by atoms with Gasteiger partial charge < -0.3 is 10.8 Å². The minimum Gasteiger partial charge on any atom is -0.388 e. The molecule has 0 amide bonds. The number of nitrogens with two attached hydrogens (primary N) is 1. The summed E-state index contributed by atoms with van der Waals surface area (Å²) in [5.74, 6) is -2.83. The third kappa shape index (κ3) is 2.84. The molecule has 2 aromatic carbocycles. The van der Waals surface area contributed by atoms with E-state index < -0.39 is 29.5 Å². The number of benzene rings is 2. The van der Waals surface area contributed by atoms with Crippen molar-refractivity contribution in [3.05, 3.63) is 71.0 Å². The minimum atomic E-state index is -1.42. The van der Waals surface area contributed by atoms with Crippen LogP contribution in [0.3, 0.4) is 0 Å². The predicted molar refractivity (Wildman–Crippen MR) is 69.5 cm³/mol. The Morgan fingerprint density at radius 3 is 2.25 bits per heavy atom. The lowest BCUT2D eigenvalue weighted by Gasteiger charge is -2.23. The molecule has 0 heterocycles. The standard InChI is InChI=1S/C15H14F3NO/c16-9-5-6-14(18)11(7-9)15(20)12(8-19)10-3-1-2-4-13(10)17/h1-7,12,15,20H,8,19H2. The maximum absolute atomic E-state index is 13.7. The van der Waals surface area contributed by atoms with Gasteiger partial charge in [-0.25, -0.2) is 13.2 Å². The van der Waals surface area contributed by atoms with Crippen molar-refractivity contribution in [3.8, 4) is 0 Å². The summed E-state index contributed by atoms with van der Waals surface area (Å²) < 4.78 is 40.6. The number of halogens is 3. The van der Waals surface area contributed by atoms with E-state index in [2.05, 4.69) is 0 Å². The number of hydrogen-bond donors (Lipinski definition) is 2. The summed E-state index contributed by atoms with van der Waals surface area (Å²) in [5, 5.41) is 10.2. The normalized spacial score (nSPS) is 14.1. The smallest absolute Gasteiger partial charge is 0.129 e. The highest BCUT2D eigenvalue weighted by atomic mass is 19.1. The van der Waals surface area contributed by atoms with Gasteiger partial charge in [-0.1, -0.05) is 18.2 Å². The summed E-state index contributed by atoms with van der Waals surface area (Å²) in [7, 11) is 0. The van der Waals surface area contributed by atoms with Crippen LogP contribution in [-0.4, -0.2) is 11.7 Å². The van der Waals surface area contributed by atoms with Crippen LogP contribution in [0.4, 0.5) is 13.2 Å². The van der Waals surface area contributed by atoms with Crippen LogP contribution in [0, 0.1) is 17.5 Å². The first-order valence-electron chi connectivity index (χ1n) is 6.12. The molecule has 0 aromatic heterocycles. The summed E-state index contributed by atoms with van der Waals surface area (Å²) >= 11 is 0. The average Bonchev–Trinajstić information content (AvgIpc) is 2.44. The number of hydrogen-bond acceptors (Lipinski definition) is 2. The second kappa shape index (κ2) is 6.07. The quantitative estimate of drug-likeness (QED) is 0.905. The highest BCUT2D eigenvalue weighted by molar-refractivity contribution is 5.29. The van der Waals surface area contributed by atoms with E-state index in [0.29, 0.717) is 0 Å². The second-order valence-corrected chi connectivity index (χ2v) is 4.47. The molecule has 2 unspecified atom stereocenters. The van der Waals surface area contributed by atoms with Crippen LogP contribution in [0.25, 0.3) is 0 Å². The van der Waals surface area contributed by atoms with Crippen molar-refractivity contribution in [1.82, 2.24) is 0 Å². The van der Waals surface area contributed by atoms with Gasteiger partial charge in [0.15, 0.2) is 0 Å². The summed E-state index contributed by atoms with van der Waals surface area (Å²) in [4.78, 5) is 0. The van der Waals surface area contributed by atoms with Gasteiger partial charge in [-0.2, -0.15) is 0 Å². The van der Waals surface area contributed by atoms with Crippen molar-refractivity contribution in [2.75, 3.05) is 6.54 Å². The van der Waals surface area contributed by atoms with E-state index in [9.17, 15) is 18.3 Å². The predicted octanol–water partition coefficient (Wildman–Crippen LogP) is 2.88. The molecule has 0 aliphatic carbocycles. The van der Waals surface area contributed by atoms with E-state index in [1.54, 1.807) is 6.07 Å². The molecular formula is C15H14F3NO. The Bertz CT molecular complexity index is 603. The molecule has 3 N–H and O–H groups in total. The zero-order valence-electron chi connectivity index (χ0n) is 10.6. The fourth-order valence-electron chi connectivity index (χ4n) is 2.16. The molecule has 0 saturated heterocycles. The molecule has 0 aliphatic rings. The van der Waals surface area contributed by atoms with Crippen LogP contribution >= 0.6 is 0 Å². The Morgan fingerprint density at radius 2 is 1.60 bits per heavy atom. The van der Waals surface area contributed by atoms with Gasteiger partial charge in [0.05, 0.1) is 6.10 Å². The van der Waals surface area contributed by atoms with Crippen molar-refractivity contribution in [3.63, 3.8) is 0 Å². The Balaban J connectivity index is 2.41. The lowest BCUT2D eigenvalue weighted by molar-refractivity contribution is 0.141. The van der Waals surface area contributed by atoms with Gasteiger partial charge in [-0.05, 0) is 29.8 Å². The molecule has 2 rings (SSSR count). The van der Waals surface area contributed by atoms with Crippen molar-refractivity contribution >= 4 is 0 Å². The molecular weight excluding hydrogens is 267 g/mol. The molecule has 106 valence electrons. The molecule has 0 bridgehead atoms. The van der Waals surface area contributed by atoms with Crippen molar-refractivity contribution in [2.45, 2.75) is 12.0 Å². The van der Waals surface area contributed by atoms with E-state index in [0.717, 1.165) is 18.2 Å². The maximum atomic E-state index is 13.7. The van der Waals surface area contributed by atoms with E-state index in [1.165, 1.54) is 18.2 Å². The molecule has 0 aliphatic heterocycles. The zero-order valence-corrected chi connectivity index (χ0v) is 10.6. The van der Waals surface area contributed by atoms with Crippen LogP contribution in [0.1, 0.15) is 23.1 Å². The lowest BCUT2D eigenvalue weighted by atomic mass is 9.88. The van der Waals surface area contributed by atoms with Crippen LogP contribution in [-0.2, 0) is 0 Å². The van der Waals surface area contributed by atoms with Crippen molar-refractivity contribution in [2.24, 2.45) is 5.73 Å². The van der Waals surface area contributed by atoms with Gasteiger partial charge in [0.25, 0.3) is 0 Å². The highest BCUT2D eigenvalue weighted by Gasteiger charge is 2.26. The van der Waals surface area contributed by atoms with Gasteiger partial charge in [-0.15, -0.1) is 0 Å². The Labute approximate surface area is 114 Å². The number of rotatable bonds is 4. The minimum absolute atomic E-state index is 0.0992. The Kier molecular flexibility index (Phi) is 4.42. The average molecular weight is 281 g/mol. The molecule has 0 radical (unpaired) electrons. The van der Waals surface area contributed by atoms with Crippen LogP contribution in [0.2, 0.25) is 0 Å². The lowest BCUT2D eigenvalue weighted by Crippen LogP contribution is -2.22. The number of aliphatic hydroxyl groups excluding tert-OH is 1. The largest absolute Gasteiger partial charge is 0.388 e. The van der Waals surface area contributed by atoms with Gasteiger partial charge in [0.2, 0.25) is 0 Å². The highest BCUT2D eigenvalue weighted by Crippen LogP contribution is 2.33. The Morgan fingerprint density at radius 1 is 0.950 bits per heavy atom. The van der Waals surface area contributed by atoms with E-state index in [-0.39, 0.29) is 17.7 Å². The molecule has 2 nitrogen and oxygen atoms in total. The van der Waals surface area contributed by atoms with Crippen molar-refractivity contribution < 1.29 is 18.3 Å². The van der Waals surface area contributed by atoms with Crippen molar-refractivity contribution in [1.29, 1.82) is 0 Å². The summed E-state index contributed by atoms with van der Waals surface area (Å²) in [6.45, 7) is -0.0992. The first kappa shape index (κ1) is 14.6. The molecule has 0 spiro atoms. The molecule has 0 fully saturated rings. The third-order valence-corrected chi connectivity index (χ3v) is 3.22. The number of aliphatic hydroxyl groups is 1. The Hall–Kier alpha value is -1.85. The van der Waals surface area contributed by atoms with Gasteiger partial charge >= 0.3 is 0 Å². The maximum Gasteiger partial charge on any atom is 0.129 e. The molecule has 2 atom stereocenters. The van der Waals surface area contributed by atoms with Gasteiger partial charge in [0.1, 0.15) is 17.5 Å².